The van der Waals surface area contributed by atoms with Crippen molar-refractivity contribution in [2.24, 2.45) is 0 Å². The van der Waals surface area contributed by atoms with Crippen molar-refractivity contribution in [2.45, 2.75) is 12.8 Å². The Kier molecular flexibility index (Phi) is 3.97. The predicted molar refractivity (Wildman–Crippen MR) is 62.6 cm³/mol. The standard InChI is InChI=1S/C13H9F3N2O2/c14-13(15,16)11-10(6-17-8-18-11)12(19)20-7-9-4-2-1-3-5-9/h1-6,8H,7H2. The lowest BCUT2D eigenvalue weighted by Crippen LogP contribution is -2.17. The van der Waals surface area contributed by atoms with Gasteiger partial charge in [-0.1, -0.05) is 30.3 Å². The van der Waals surface area contributed by atoms with Gasteiger partial charge in [-0.15, -0.1) is 0 Å². The maximum Gasteiger partial charge on any atom is 0.434 e. The van der Waals surface area contributed by atoms with Crippen molar-refractivity contribution in [1.29, 1.82) is 0 Å². The summed E-state index contributed by atoms with van der Waals surface area (Å²) in [4.78, 5) is 18.2. The minimum Gasteiger partial charge on any atom is -0.457 e. The first-order valence-corrected chi connectivity index (χ1v) is 5.56. The van der Waals surface area contributed by atoms with E-state index in [9.17, 15) is 18.0 Å². The summed E-state index contributed by atoms with van der Waals surface area (Å²) in [7, 11) is 0. The number of alkyl halides is 3. The van der Waals surface area contributed by atoms with Gasteiger partial charge >= 0.3 is 12.1 Å². The first-order chi connectivity index (χ1) is 9.48. The first kappa shape index (κ1) is 14.0. The molecule has 0 fully saturated rings. The van der Waals surface area contributed by atoms with Gasteiger partial charge in [-0.05, 0) is 5.56 Å². The molecule has 0 amide bonds. The van der Waals surface area contributed by atoms with E-state index in [1.165, 1.54) is 0 Å². The fraction of sp³-hybridized carbons (Fsp3) is 0.154. The molecule has 0 saturated heterocycles. The van der Waals surface area contributed by atoms with Gasteiger partial charge in [0.1, 0.15) is 18.5 Å². The van der Waals surface area contributed by atoms with Crippen molar-refractivity contribution in [3.05, 3.63) is 59.7 Å². The van der Waals surface area contributed by atoms with Crippen molar-refractivity contribution >= 4 is 5.97 Å². The molecule has 0 bridgehead atoms. The predicted octanol–water partition coefficient (Wildman–Crippen LogP) is 2.85. The minimum atomic E-state index is -4.73. The number of carbonyl (C=O) groups excluding carboxylic acids is 1. The Morgan fingerprint density at radius 2 is 1.90 bits per heavy atom. The zero-order valence-corrected chi connectivity index (χ0v) is 10.1. The molecule has 1 aromatic heterocycles. The van der Waals surface area contributed by atoms with Crippen LogP contribution in [0.3, 0.4) is 0 Å². The van der Waals surface area contributed by atoms with Gasteiger partial charge in [0.05, 0.1) is 0 Å². The number of esters is 1. The maximum absolute atomic E-state index is 12.7. The van der Waals surface area contributed by atoms with Crippen LogP contribution in [0.1, 0.15) is 21.6 Å². The molecule has 0 aliphatic carbocycles. The van der Waals surface area contributed by atoms with Crippen LogP contribution >= 0.6 is 0 Å². The van der Waals surface area contributed by atoms with Crippen molar-refractivity contribution in [3.63, 3.8) is 0 Å². The SMILES string of the molecule is O=C(OCc1ccccc1)c1cncnc1C(F)(F)F. The Labute approximate surface area is 112 Å². The molecule has 0 aliphatic rings. The number of hydrogen-bond donors (Lipinski definition) is 0. The van der Waals surface area contributed by atoms with Crippen LogP contribution in [0.5, 0.6) is 0 Å². The highest BCUT2D eigenvalue weighted by Crippen LogP contribution is 2.30. The number of rotatable bonds is 3. The van der Waals surface area contributed by atoms with E-state index in [0.717, 1.165) is 12.5 Å². The molecule has 2 aromatic rings. The molecule has 0 spiro atoms. The van der Waals surface area contributed by atoms with Gasteiger partial charge in [0.25, 0.3) is 0 Å². The van der Waals surface area contributed by atoms with E-state index in [1.807, 2.05) is 0 Å². The molecule has 2 rings (SSSR count). The summed E-state index contributed by atoms with van der Waals surface area (Å²) in [6.45, 7) is -0.119. The summed E-state index contributed by atoms with van der Waals surface area (Å²) < 4.78 is 42.9. The monoisotopic (exact) mass is 282 g/mol. The van der Waals surface area contributed by atoms with E-state index in [1.54, 1.807) is 30.3 Å². The van der Waals surface area contributed by atoms with Crippen LogP contribution in [-0.4, -0.2) is 15.9 Å². The largest absolute Gasteiger partial charge is 0.457 e. The number of halogens is 3. The lowest BCUT2D eigenvalue weighted by atomic mass is 10.2. The van der Waals surface area contributed by atoms with Crippen molar-refractivity contribution < 1.29 is 22.7 Å². The second-order valence-corrected chi connectivity index (χ2v) is 3.84. The number of ether oxygens (including phenoxy) is 1. The molecular formula is C13H9F3N2O2. The second kappa shape index (κ2) is 5.68. The average molecular weight is 282 g/mol. The normalized spacial score (nSPS) is 11.2. The molecule has 0 radical (unpaired) electrons. The highest BCUT2D eigenvalue weighted by atomic mass is 19.4. The van der Waals surface area contributed by atoms with Crippen molar-refractivity contribution in [2.75, 3.05) is 0 Å². The zero-order valence-electron chi connectivity index (χ0n) is 10.1. The molecule has 0 unspecified atom stereocenters. The summed E-state index contributed by atoms with van der Waals surface area (Å²) in [5.41, 5.74) is -1.33. The van der Waals surface area contributed by atoms with E-state index in [2.05, 4.69) is 9.97 Å². The van der Waals surface area contributed by atoms with Crippen LogP contribution in [0.2, 0.25) is 0 Å². The quantitative estimate of drug-likeness (QED) is 0.812. The molecule has 0 atom stereocenters. The van der Waals surface area contributed by atoms with Crippen LogP contribution in [0.25, 0.3) is 0 Å². The second-order valence-electron chi connectivity index (χ2n) is 3.84. The number of benzene rings is 1. The first-order valence-electron chi connectivity index (χ1n) is 5.56. The van der Waals surface area contributed by atoms with Crippen molar-refractivity contribution in [3.8, 4) is 0 Å². The molecule has 0 saturated carbocycles. The highest BCUT2D eigenvalue weighted by Gasteiger charge is 2.37. The molecule has 7 heteroatoms. The van der Waals surface area contributed by atoms with E-state index < -0.39 is 23.4 Å². The van der Waals surface area contributed by atoms with Crippen LogP contribution in [0, 0.1) is 0 Å². The van der Waals surface area contributed by atoms with Gasteiger partial charge in [-0.25, -0.2) is 14.8 Å². The van der Waals surface area contributed by atoms with E-state index >= 15 is 0 Å². The van der Waals surface area contributed by atoms with Crippen LogP contribution in [-0.2, 0) is 17.5 Å². The Bertz CT molecular complexity index is 600. The van der Waals surface area contributed by atoms with Gasteiger partial charge in [-0.2, -0.15) is 13.2 Å². The summed E-state index contributed by atoms with van der Waals surface area (Å²) in [6, 6.07) is 8.63. The molecule has 4 nitrogen and oxygen atoms in total. The Hall–Kier alpha value is -2.44. The summed E-state index contributed by atoms with van der Waals surface area (Å²) in [6.07, 6.45) is -3.20. The van der Waals surface area contributed by atoms with Crippen molar-refractivity contribution in [1.82, 2.24) is 9.97 Å². The lowest BCUT2D eigenvalue weighted by Gasteiger charge is -2.10. The zero-order chi connectivity index (χ0) is 14.6. The third kappa shape index (κ3) is 3.31. The smallest absolute Gasteiger partial charge is 0.434 e. The summed E-state index contributed by atoms with van der Waals surface area (Å²) in [5.74, 6) is -1.11. The van der Waals surface area contributed by atoms with Crippen LogP contribution in [0.15, 0.2) is 42.9 Å². The fourth-order valence-electron chi connectivity index (χ4n) is 1.51. The lowest BCUT2D eigenvalue weighted by molar-refractivity contribution is -0.141. The third-order valence-corrected chi connectivity index (χ3v) is 2.41. The fourth-order valence-corrected chi connectivity index (χ4v) is 1.51. The minimum absolute atomic E-state index is 0.119. The summed E-state index contributed by atoms with van der Waals surface area (Å²) in [5, 5.41) is 0. The van der Waals surface area contributed by atoms with E-state index in [4.69, 9.17) is 4.74 Å². The molecule has 1 heterocycles. The van der Waals surface area contributed by atoms with Gasteiger partial charge < -0.3 is 4.74 Å². The van der Waals surface area contributed by atoms with Crippen LogP contribution in [0.4, 0.5) is 13.2 Å². The van der Waals surface area contributed by atoms with E-state index in [-0.39, 0.29) is 6.61 Å². The number of carbonyl (C=O) groups is 1. The van der Waals surface area contributed by atoms with E-state index in [0.29, 0.717) is 5.56 Å². The summed E-state index contributed by atoms with van der Waals surface area (Å²) >= 11 is 0. The molecule has 0 aliphatic heterocycles. The van der Waals surface area contributed by atoms with Gasteiger partial charge in [0.15, 0.2) is 5.69 Å². The maximum atomic E-state index is 12.7. The number of hydrogen-bond acceptors (Lipinski definition) is 4. The number of nitrogens with zero attached hydrogens (tertiary/aromatic N) is 2. The topological polar surface area (TPSA) is 52.1 Å². The molecule has 104 valence electrons. The number of aromatic nitrogens is 2. The Morgan fingerprint density at radius 3 is 2.55 bits per heavy atom. The highest BCUT2D eigenvalue weighted by molar-refractivity contribution is 5.90. The van der Waals surface area contributed by atoms with Gasteiger partial charge in [0.2, 0.25) is 0 Å². The third-order valence-electron chi connectivity index (χ3n) is 2.41. The molecule has 20 heavy (non-hydrogen) atoms. The average Bonchev–Trinajstić information content (AvgIpc) is 2.45. The Morgan fingerprint density at radius 1 is 1.20 bits per heavy atom. The molecular weight excluding hydrogens is 273 g/mol. The van der Waals surface area contributed by atoms with Gasteiger partial charge in [0, 0.05) is 6.20 Å². The van der Waals surface area contributed by atoms with Crippen LogP contribution < -0.4 is 0 Å². The van der Waals surface area contributed by atoms with Gasteiger partial charge in [-0.3, -0.25) is 0 Å². The molecule has 0 N–H and O–H groups in total. The molecule has 1 aromatic carbocycles. The Balaban J connectivity index is 2.14.